The van der Waals surface area contributed by atoms with E-state index >= 15 is 0 Å². The first kappa shape index (κ1) is 14.1. The second kappa shape index (κ2) is 6.71. The standard InChI is InChI=1S/C16H19ClN2/c1-2-13(12-8-4-3-5-9-12)16(19-18)14-10-6-7-11-15(14)17/h3-11,13,16,19H,2,18H2,1H3. The maximum atomic E-state index is 6.29. The van der Waals surface area contributed by atoms with E-state index in [1.165, 1.54) is 5.56 Å². The number of benzene rings is 2. The summed E-state index contributed by atoms with van der Waals surface area (Å²) < 4.78 is 0. The number of rotatable bonds is 5. The van der Waals surface area contributed by atoms with E-state index < -0.39 is 0 Å². The van der Waals surface area contributed by atoms with Crippen molar-refractivity contribution in [3.8, 4) is 0 Å². The molecule has 0 amide bonds. The van der Waals surface area contributed by atoms with E-state index in [1.807, 2.05) is 30.3 Å². The van der Waals surface area contributed by atoms with E-state index in [4.69, 9.17) is 17.4 Å². The highest BCUT2D eigenvalue weighted by molar-refractivity contribution is 6.31. The molecule has 19 heavy (non-hydrogen) atoms. The van der Waals surface area contributed by atoms with Crippen molar-refractivity contribution < 1.29 is 0 Å². The van der Waals surface area contributed by atoms with Gasteiger partial charge in [0, 0.05) is 10.9 Å². The predicted molar refractivity (Wildman–Crippen MR) is 81.0 cm³/mol. The van der Waals surface area contributed by atoms with Crippen molar-refractivity contribution in [1.29, 1.82) is 0 Å². The molecule has 0 saturated heterocycles. The van der Waals surface area contributed by atoms with Gasteiger partial charge in [0.1, 0.15) is 0 Å². The Labute approximate surface area is 119 Å². The van der Waals surface area contributed by atoms with Crippen molar-refractivity contribution in [2.75, 3.05) is 0 Å². The Morgan fingerprint density at radius 3 is 2.26 bits per heavy atom. The van der Waals surface area contributed by atoms with Crippen molar-refractivity contribution >= 4 is 11.6 Å². The molecule has 2 nitrogen and oxygen atoms in total. The van der Waals surface area contributed by atoms with E-state index in [2.05, 4.69) is 36.6 Å². The molecule has 2 unspecified atom stereocenters. The summed E-state index contributed by atoms with van der Waals surface area (Å²) in [5.41, 5.74) is 5.24. The normalized spacial score (nSPS) is 14.1. The molecule has 2 aromatic carbocycles. The van der Waals surface area contributed by atoms with Crippen LogP contribution in [0, 0.1) is 0 Å². The van der Waals surface area contributed by atoms with E-state index in [1.54, 1.807) is 0 Å². The van der Waals surface area contributed by atoms with Crippen LogP contribution in [0.1, 0.15) is 36.4 Å². The third-order valence-electron chi connectivity index (χ3n) is 3.49. The first-order chi connectivity index (χ1) is 9.27. The Balaban J connectivity index is 2.38. The molecule has 0 heterocycles. The third kappa shape index (κ3) is 3.16. The minimum atomic E-state index is 0.0149. The lowest BCUT2D eigenvalue weighted by Crippen LogP contribution is -2.32. The van der Waals surface area contributed by atoms with Crippen LogP contribution in [0.2, 0.25) is 5.02 Å². The first-order valence-electron chi connectivity index (χ1n) is 6.53. The Morgan fingerprint density at radius 1 is 1.05 bits per heavy atom. The summed E-state index contributed by atoms with van der Waals surface area (Å²) in [5, 5.41) is 0.750. The monoisotopic (exact) mass is 274 g/mol. The van der Waals surface area contributed by atoms with E-state index in [0.29, 0.717) is 5.92 Å². The fraction of sp³-hybridized carbons (Fsp3) is 0.250. The van der Waals surface area contributed by atoms with Gasteiger partial charge in [-0.3, -0.25) is 11.3 Å². The van der Waals surface area contributed by atoms with Gasteiger partial charge >= 0.3 is 0 Å². The van der Waals surface area contributed by atoms with Crippen LogP contribution in [-0.2, 0) is 0 Å². The van der Waals surface area contributed by atoms with Gasteiger partial charge < -0.3 is 0 Å². The molecule has 3 heteroatoms. The van der Waals surface area contributed by atoms with Gasteiger partial charge in [-0.25, -0.2) is 0 Å². The molecule has 0 aliphatic rings. The number of halogens is 1. The summed E-state index contributed by atoms with van der Waals surface area (Å²) in [6, 6.07) is 18.3. The minimum Gasteiger partial charge on any atom is -0.271 e. The molecule has 3 N–H and O–H groups in total. The summed E-state index contributed by atoms with van der Waals surface area (Å²) in [6.07, 6.45) is 0.990. The largest absolute Gasteiger partial charge is 0.271 e. The Hall–Kier alpha value is -1.35. The molecular formula is C16H19ClN2. The number of hydrazine groups is 1. The third-order valence-corrected chi connectivity index (χ3v) is 3.83. The zero-order chi connectivity index (χ0) is 13.7. The summed E-state index contributed by atoms with van der Waals surface area (Å²) in [7, 11) is 0. The van der Waals surface area contributed by atoms with E-state index in [-0.39, 0.29) is 6.04 Å². The molecule has 0 spiro atoms. The maximum absolute atomic E-state index is 6.29. The van der Waals surface area contributed by atoms with Gasteiger partial charge in [-0.2, -0.15) is 0 Å². The predicted octanol–water partition coefficient (Wildman–Crippen LogP) is 4.04. The first-order valence-corrected chi connectivity index (χ1v) is 6.91. The number of hydrogen-bond donors (Lipinski definition) is 2. The Morgan fingerprint density at radius 2 is 1.68 bits per heavy atom. The van der Waals surface area contributed by atoms with Gasteiger partial charge in [-0.05, 0) is 23.6 Å². The SMILES string of the molecule is CCC(c1ccccc1)C(NN)c1ccccc1Cl. The van der Waals surface area contributed by atoms with Crippen LogP contribution < -0.4 is 11.3 Å². The molecule has 0 aliphatic carbocycles. The molecule has 0 bridgehead atoms. The van der Waals surface area contributed by atoms with Gasteiger partial charge in [-0.1, -0.05) is 67.1 Å². The average Bonchev–Trinajstić information content (AvgIpc) is 2.46. The average molecular weight is 275 g/mol. The quantitative estimate of drug-likeness (QED) is 0.638. The van der Waals surface area contributed by atoms with Crippen LogP contribution in [0.25, 0.3) is 0 Å². The molecule has 2 rings (SSSR count). The molecule has 100 valence electrons. The fourth-order valence-corrected chi connectivity index (χ4v) is 2.77. The van der Waals surface area contributed by atoms with Crippen LogP contribution in [0.3, 0.4) is 0 Å². The van der Waals surface area contributed by atoms with Crippen molar-refractivity contribution in [1.82, 2.24) is 5.43 Å². The van der Waals surface area contributed by atoms with Gasteiger partial charge in [-0.15, -0.1) is 0 Å². The smallest absolute Gasteiger partial charge is 0.0543 e. The van der Waals surface area contributed by atoms with E-state index in [9.17, 15) is 0 Å². The fourth-order valence-electron chi connectivity index (χ4n) is 2.51. The van der Waals surface area contributed by atoms with Crippen molar-refractivity contribution in [3.05, 3.63) is 70.7 Å². The molecule has 0 aliphatic heterocycles. The second-order valence-corrected chi connectivity index (χ2v) is 5.00. The van der Waals surface area contributed by atoms with Gasteiger partial charge in [0.25, 0.3) is 0 Å². The van der Waals surface area contributed by atoms with Crippen LogP contribution in [0.5, 0.6) is 0 Å². The summed E-state index contributed by atoms with van der Waals surface area (Å²) >= 11 is 6.29. The van der Waals surface area contributed by atoms with Crippen LogP contribution in [0.4, 0.5) is 0 Å². The minimum absolute atomic E-state index is 0.0149. The van der Waals surface area contributed by atoms with Crippen LogP contribution in [-0.4, -0.2) is 0 Å². The van der Waals surface area contributed by atoms with Gasteiger partial charge in [0.05, 0.1) is 6.04 Å². The molecule has 2 atom stereocenters. The summed E-state index contributed by atoms with van der Waals surface area (Å²) in [6.45, 7) is 2.17. The topological polar surface area (TPSA) is 38.0 Å². The molecule has 0 radical (unpaired) electrons. The highest BCUT2D eigenvalue weighted by atomic mass is 35.5. The molecule has 0 saturated carbocycles. The van der Waals surface area contributed by atoms with Crippen molar-refractivity contribution in [3.63, 3.8) is 0 Å². The number of nitrogens with two attached hydrogens (primary N) is 1. The number of hydrogen-bond acceptors (Lipinski definition) is 2. The zero-order valence-corrected chi connectivity index (χ0v) is 11.8. The Bertz CT molecular complexity index is 513. The highest BCUT2D eigenvalue weighted by Crippen LogP contribution is 2.35. The lowest BCUT2D eigenvalue weighted by atomic mass is 9.85. The van der Waals surface area contributed by atoms with Crippen LogP contribution >= 0.6 is 11.6 Å². The number of nitrogens with one attached hydrogen (secondary N) is 1. The van der Waals surface area contributed by atoms with Crippen LogP contribution in [0.15, 0.2) is 54.6 Å². The lowest BCUT2D eigenvalue weighted by molar-refractivity contribution is 0.445. The Kier molecular flexibility index (Phi) is 4.97. The zero-order valence-electron chi connectivity index (χ0n) is 11.0. The molecule has 0 fully saturated rings. The van der Waals surface area contributed by atoms with Crippen molar-refractivity contribution in [2.45, 2.75) is 25.3 Å². The van der Waals surface area contributed by atoms with E-state index in [0.717, 1.165) is 17.0 Å². The molecule has 2 aromatic rings. The molecule has 0 aromatic heterocycles. The van der Waals surface area contributed by atoms with Gasteiger partial charge in [0.2, 0.25) is 0 Å². The lowest BCUT2D eigenvalue weighted by Gasteiger charge is -2.27. The second-order valence-electron chi connectivity index (χ2n) is 4.59. The van der Waals surface area contributed by atoms with Crippen molar-refractivity contribution in [2.24, 2.45) is 5.84 Å². The highest BCUT2D eigenvalue weighted by Gasteiger charge is 2.23. The maximum Gasteiger partial charge on any atom is 0.0543 e. The summed E-state index contributed by atoms with van der Waals surface area (Å²) in [4.78, 5) is 0. The molecular weight excluding hydrogens is 256 g/mol. The van der Waals surface area contributed by atoms with Gasteiger partial charge in [0.15, 0.2) is 0 Å². The summed E-state index contributed by atoms with van der Waals surface area (Å²) in [5.74, 6) is 6.08.